The molecule has 2 unspecified atom stereocenters. The minimum Gasteiger partial charge on any atom is -0.465 e. The summed E-state index contributed by atoms with van der Waals surface area (Å²) in [6.07, 6.45) is 0. The van der Waals surface area contributed by atoms with Gasteiger partial charge >= 0.3 is 5.97 Å². The Morgan fingerprint density at radius 3 is 2.55 bits per heavy atom. The molecule has 0 radical (unpaired) electrons. The molecule has 0 spiro atoms. The van der Waals surface area contributed by atoms with Crippen molar-refractivity contribution in [1.29, 1.82) is 0 Å². The van der Waals surface area contributed by atoms with Gasteiger partial charge in [-0.05, 0) is 12.8 Å². The van der Waals surface area contributed by atoms with E-state index in [4.69, 9.17) is 4.74 Å². The summed E-state index contributed by atoms with van der Waals surface area (Å²) in [5, 5.41) is 0. The summed E-state index contributed by atoms with van der Waals surface area (Å²) in [5.74, 6) is 0.313. The monoisotopic (exact) mass is 382 g/mol. The zero-order valence-electron chi connectivity index (χ0n) is 6.64. The number of halogens is 2. The molecule has 66 valence electrons. The standard InChI is InChI=1S/C7H12I2O2/c1-3-11-7(10)6(9)5(2)4-8/h5-6H,3-4H2,1-2H3. The molecule has 2 atom stereocenters. The maximum Gasteiger partial charge on any atom is 0.319 e. The summed E-state index contributed by atoms with van der Waals surface area (Å²) in [5.41, 5.74) is 0. The lowest BCUT2D eigenvalue weighted by Gasteiger charge is -2.13. The number of ether oxygens (including phenoxy) is 1. The van der Waals surface area contributed by atoms with Gasteiger partial charge in [-0.2, -0.15) is 0 Å². The van der Waals surface area contributed by atoms with Gasteiger partial charge in [0.1, 0.15) is 3.92 Å². The van der Waals surface area contributed by atoms with Crippen molar-refractivity contribution >= 4 is 51.2 Å². The zero-order chi connectivity index (χ0) is 8.85. The number of hydrogen-bond donors (Lipinski definition) is 0. The summed E-state index contributed by atoms with van der Waals surface area (Å²) >= 11 is 4.42. The van der Waals surface area contributed by atoms with Crippen molar-refractivity contribution in [1.82, 2.24) is 0 Å². The first-order valence-corrected chi connectivity index (χ1v) is 6.27. The van der Waals surface area contributed by atoms with Crippen LogP contribution in [0.1, 0.15) is 13.8 Å². The predicted octanol–water partition coefficient (Wildman–Crippen LogP) is 2.42. The van der Waals surface area contributed by atoms with Crippen molar-refractivity contribution < 1.29 is 9.53 Å². The van der Waals surface area contributed by atoms with Crippen LogP contribution in [0.2, 0.25) is 0 Å². The van der Waals surface area contributed by atoms with E-state index in [1.54, 1.807) is 0 Å². The Hall–Kier alpha value is 0.930. The van der Waals surface area contributed by atoms with E-state index in [0.29, 0.717) is 12.5 Å². The van der Waals surface area contributed by atoms with E-state index in [-0.39, 0.29) is 9.89 Å². The highest BCUT2D eigenvalue weighted by Gasteiger charge is 2.21. The lowest BCUT2D eigenvalue weighted by atomic mass is 10.1. The Kier molecular flexibility index (Phi) is 6.99. The van der Waals surface area contributed by atoms with Crippen molar-refractivity contribution in [3.8, 4) is 0 Å². The second-order valence-electron chi connectivity index (χ2n) is 2.29. The first-order valence-electron chi connectivity index (χ1n) is 3.50. The van der Waals surface area contributed by atoms with Crippen LogP contribution in [-0.4, -0.2) is 20.9 Å². The fourth-order valence-corrected chi connectivity index (χ4v) is 2.45. The van der Waals surface area contributed by atoms with Gasteiger partial charge in [0.25, 0.3) is 0 Å². The SMILES string of the molecule is CCOC(=O)C(I)C(C)CI. The van der Waals surface area contributed by atoms with Gasteiger partial charge in [-0.1, -0.05) is 52.1 Å². The van der Waals surface area contributed by atoms with E-state index in [1.165, 1.54) is 0 Å². The Balaban J connectivity index is 3.80. The number of esters is 1. The summed E-state index contributed by atoms with van der Waals surface area (Å²) < 4.78 is 5.87. The van der Waals surface area contributed by atoms with Crippen LogP contribution < -0.4 is 0 Å². The molecule has 0 amide bonds. The molecule has 0 aromatic heterocycles. The van der Waals surface area contributed by atoms with Gasteiger partial charge < -0.3 is 4.74 Å². The van der Waals surface area contributed by atoms with E-state index in [2.05, 4.69) is 52.1 Å². The maximum atomic E-state index is 11.1. The Morgan fingerprint density at radius 2 is 2.18 bits per heavy atom. The predicted molar refractivity (Wildman–Crippen MR) is 62.5 cm³/mol. The fraction of sp³-hybridized carbons (Fsp3) is 0.857. The van der Waals surface area contributed by atoms with Gasteiger partial charge in [0.2, 0.25) is 0 Å². The van der Waals surface area contributed by atoms with Gasteiger partial charge in [0, 0.05) is 4.43 Å². The molecule has 0 aliphatic rings. The molecule has 0 saturated heterocycles. The lowest BCUT2D eigenvalue weighted by Crippen LogP contribution is -2.24. The van der Waals surface area contributed by atoms with Crippen molar-refractivity contribution in [3.05, 3.63) is 0 Å². The molecule has 11 heavy (non-hydrogen) atoms. The van der Waals surface area contributed by atoms with Crippen LogP contribution in [0.4, 0.5) is 0 Å². The Morgan fingerprint density at radius 1 is 1.64 bits per heavy atom. The molecule has 0 fully saturated rings. The molecule has 2 nitrogen and oxygen atoms in total. The van der Waals surface area contributed by atoms with Crippen molar-refractivity contribution in [3.63, 3.8) is 0 Å². The molecule has 0 heterocycles. The second-order valence-corrected chi connectivity index (χ2v) is 4.51. The van der Waals surface area contributed by atoms with Crippen LogP contribution in [0.15, 0.2) is 0 Å². The molecule has 0 aliphatic carbocycles. The smallest absolute Gasteiger partial charge is 0.319 e. The van der Waals surface area contributed by atoms with E-state index in [0.717, 1.165) is 4.43 Å². The third-order valence-electron chi connectivity index (χ3n) is 1.25. The number of carbonyl (C=O) groups is 1. The lowest BCUT2D eigenvalue weighted by molar-refractivity contribution is -0.142. The topological polar surface area (TPSA) is 26.3 Å². The Labute approximate surface area is 94.7 Å². The summed E-state index contributed by atoms with van der Waals surface area (Å²) in [6.45, 7) is 4.36. The molecule has 0 aromatic carbocycles. The average molecular weight is 382 g/mol. The molecule has 0 N–H and O–H groups in total. The number of alkyl halides is 2. The van der Waals surface area contributed by atoms with E-state index in [1.807, 2.05) is 6.92 Å². The first-order chi connectivity index (χ1) is 5.13. The van der Waals surface area contributed by atoms with Crippen LogP contribution in [-0.2, 0) is 9.53 Å². The minimum absolute atomic E-state index is 0.00412. The molecule has 0 rings (SSSR count). The van der Waals surface area contributed by atoms with Crippen LogP contribution in [0.5, 0.6) is 0 Å². The zero-order valence-corrected chi connectivity index (χ0v) is 11.0. The maximum absolute atomic E-state index is 11.1. The average Bonchev–Trinajstić information content (AvgIpc) is 2.02. The van der Waals surface area contributed by atoms with Crippen LogP contribution in [0.25, 0.3) is 0 Å². The largest absolute Gasteiger partial charge is 0.465 e. The summed E-state index contributed by atoms with van der Waals surface area (Å²) in [6, 6.07) is 0. The van der Waals surface area contributed by atoms with E-state index >= 15 is 0 Å². The van der Waals surface area contributed by atoms with Gasteiger partial charge in [0.15, 0.2) is 0 Å². The molecule has 0 aliphatic heterocycles. The molecule has 0 saturated carbocycles. The number of carbonyl (C=O) groups excluding carboxylic acids is 1. The Bertz CT molecular complexity index is 128. The van der Waals surface area contributed by atoms with E-state index < -0.39 is 0 Å². The molecule has 0 bridgehead atoms. The second kappa shape index (κ2) is 6.45. The van der Waals surface area contributed by atoms with Gasteiger partial charge in [-0.3, -0.25) is 4.79 Å². The van der Waals surface area contributed by atoms with Crippen molar-refractivity contribution in [2.75, 3.05) is 11.0 Å². The van der Waals surface area contributed by atoms with Crippen LogP contribution in [0, 0.1) is 5.92 Å². The quantitative estimate of drug-likeness (QED) is 0.424. The molecular formula is C7H12I2O2. The molecule has 4 heteroatoms. The van der Waals surface area contributed by atoms with Crippen molar-refractivity contribution in [2.24, 2.45) is 5.92 Å². The van der Waals surface area contributed by atoms with Crippen molar-refractivity contribution in [2.45, 2.75) is 17.8 Å². The number of rotatable bonds is 4. The minimum atomic E-state index is -0.0859. The first kappa shape index (κ1) is 11.9. The highest BCUT2D eigenvalue weighted by molar-refractivity contribution is 14.1. The third kappa shape index (κ3) is 4.49. The van der Waals surface area contributed by atoms with Gasteiger partial charge in [-0.15, -0.1) is 0 Å². The van der Waals surface area contributed by atoms with Crippen LogP contribution in [0.3, 0.4) is 0 Å². The third-order valence-corrected chi connectivity index (χ3v) is 4.38. The fourth-order valence-electron chi connectivity index (χ4n) is 0.532. The summed E-state index contributed by atoms with van der Waals surface area (Å²) in [4.78, 5) is 11.1. The highest BCUT2D eigenvalue weighted by atomic mass is 127. The molecular weight excluding hydrogens is 370 g/mol. The normalized spacial score (nSPS) is 15.6. The van der Waals surface area contributed by atoms with Gasteiger partial charge in [-0.25, -0.2) is 0 Å². The van der Waals surface area contributed by atoms with E-state index in [9.17, 15) is 4.79 Å². The van der Waals surface area contributed by atoms with Crippen LogP contribution >= 0.6 is 45.2 Å². The highest BCUT2D eigenvalue weighted by Crippen LogP contribution is 2.17. The number of hydrogen-bond acceptors (Lipinski definition) is 2. The molecule has 0 aromatic rings. The van der Waals surface area contributed by atoms with Gasteiger partial charge in [0.05, 0.1) is 6.61 Å². The summed E-state index contributed by atoms with van der Waals surface area (Å²) in [7, 11) is 0.